The molecule has 1 fully saturated rings. The molecular weight excluding hydrogens is 493 g/mol. The smallest absolute Gasteiger partial charge is 0.288 e. The molecule has 3 aromatic carbocycles. The summed E-state index contributed by atoms with van der Waals surface area (Å²) in [6, 6.07) is 16.2. The molecule has 0 spiro atoms. The Morgan fingerprint density at radius 1 is 1.06 bits per heavy atom. The summed E-state index contributed by atoms with van der Waals surface area (Å²) in [5, 5.41) is 11.7. The molecule has 0 saturated carbocycles. The highest BCUT2D eigenvalue weighted by Gasteiger charge is 2.44. The van der Waals surface area contributed by atoms with E-state index in [1.165, 1.54) is 17.0 Å². The third-order valence-electron chi connectivity index (χ3n) is 5.71. The summed E-state index contributed by atoms with van der Waals surface area (Å²) >= 11 is 11.8. The molecule has 1 heterocycles. The minimum atomic E-state index is -1.10. The van der Waals surface area contributed by atoms with Crippen LogP contribution < -0.4 is 4.90 Å². The summed E-state index contributed by atoms with van der Waals surface area (Å²) in [4.78, 5) is 52.8. The van der Waals surface area contributed by atoms with Gasteiger partial charge >= 0.3 is 0 Å². The predicted molar refractivity (Wildman–Crippen MR) is 132 cm³/mol. The van der Waals surface area contributed by atoms with Crippen LogP contribution in [0.3, 0.4) is 0 Å². The van der Waals surface area contributed by atoms with Gasteiger partial charge in [-0.05, 0) is 48.9 Å². The van der Waals surface area contributed by atoms with Crippen LogP contribution in [0.25, 0.3) is 0 Å². The zero-order valence-corrected chi connectivity index (χ0v) is 20.0. The number of carbonyl (C=O) groups excluding carboxylic acids is 3. The Balaban J connectivity index is 1.72. The van der Waals surface area contributed by atoms with Crippen molar-refractivity contribution in [2.24, 2.45) is 0 Å². The lowest BCUT2D eigenvalue weighted by Crippen LogP contribution is -2.45. The van der Waals surface area contributed by atoms with E-state index in [0.717, 1.165) is 22.1 Å². The Labute approximate surface area is 210 Å². The molecule has 0 radical (unpaired) electrons. The number of imide groups is 1. The van der Waals surface area contributed by atoms with Crippen LogP contribution in [-0.2, 0) is 16.1 Å². The number of nitro benzene ring substituents is 1. The van der Waals surface area contributed by atoms with E-state index in [4.69, 9.17) is 23.2 Å². The van der Waals surface area contributed by atoms with Gasteiger partial charge in [-0.3, -0.25) is 24.5 Å². The van der Waals surface area contributed by atoms with Crippen LogP contribution in [0.5, 0.6) is 0 Å². The van der Waals surface area contributed by atoms with Crippen molar-refractivity contribution in [3.05, 3.63) is 104 Å². The van der Waals surface area contributed by atoms with Gasteiger partial charge < -0.3 is 4.90 Å². The third kappa shape index (κ3) is 5.03. The molecule has 1 saturated heterocycles. The van der Waals surface area contributed by atoms with E-state index >= 15 is 0 Å². The van der Waals surface area contributed by atoms with Gasteiger partial charge in [0.1, 0.15) is 11.1 Å². The number of nitrogens with zero attached hydrogens (tertiary/aromatic N) is 3. The lowest BCUT2D eigenvalue weighted by molar-refractivity contribution is -0.384. The standard InChI is InChI=1S/C25H19Cl2N3O5/c1-15-2-4-16(5-3-15)14-28(24(32)17-6-11-20(27)21(12-17)30(34)35)22-13-23(31)29(25(22)33)19-9-7-18(26)8-10-19/h2-12,22H,13-14H2,1H3. The van der Waals surface area contributed by atoms with Gasteiger partial charge in [-0.15, -0.1) is 0 Å². The van der Waals surface area contributed by atoms with E-state index in [2.05, 4.69) is 0 Å². The summed E-state index contributed by atoms with van der Waals surface area (Å²) in [5.74, 6) is -1.66. The first-order chi connectivity index (χ1) is 16.7. The van der Waals surface area contributed by atoms with Gasteiger partial charge in [0.2, 0.25) is 5.91 Å². The van der Waals surface area contributed by atoms with Crippen LogP contribution in [0.2, 0.25) is 10.0 Å². The highest BCUT2D eigenvalue weighted by atomic mass is 35.5. The first-order valence-corrected chi connectivity index (χ1v) is 11.3. The van der Waals surface area contributed by atoms with Crippen LogP contribution in [0, 0.1) is 17.0 Å². The van der Waals surface area contributed by atoms with Crippen molar-refractivity contribution in [2.75, 3.05) is 4.90 Å². The van der Waals surface area contributed by atoms with Crippen LogP contribution >= 0.6 is 23.2 Å². The third-order valence-corrected chi connectivity index (χ3v) is 6.28. The second-order valence-electron chi connectivity index (χ2n) is 8.11. The van der Waals surface area contributed by atoms with Crippen molar-refractivity contribution in [2.45, 2.75) is 25.9 Å². The van der Waals surface area contributed by atoms with Gasteiger partial charge in [-0.1, -0.05) is 53.0 Å². The topological polar surface area (TPSA) is 101 Å². The Bertz CT molecular complexity index is 1330. The molecule has 1 aliphatic heterocycles. The van der Waals surface area contributed by atoms with Crippen LogP contribution in [0.1, 0.15) is 27.9 Å². The minimum absolute atomic E-state index is 0.0154. The van der Waals surface area contributed by atoms with Gasteiger partial charge in [0.15, 0.2) is 0 Å². The Hall–Kier alpha value is -3.75. The van der Waals surface area contributed by atoms with E-state index in [0.29, 0.717) is 10.7 Å². The molecule has 8 nitrogen and oxygen atoms in total. The normalized spacial score (nSPS) is 15.4. The molecular formula is C25H19Cl2N3O5. The highest BCUT2D eigenvalue weighted by Crippen LogP contribution is 2.30. The molecule has 0 aliphatic carbocycles. The highest BCUT2D eigenvalue weighted by molar-refractivity contribution is 6.33. The summed E-state index contributed by atoms with van der Waals surface area (Å²) < 4.78 is 0. The zero-order chi connectivity index (χ0) is 25.3. The number of hydrogen-bond donors (Lipinski definition) is 0. The first kappa shape index (κ1) is 24.4. The molecule has 178 valence electrons. The Kier molecular flexibility index (Phi) is 6.86. The molecule has 1 unspecified atom stereocenters. The van der Waals surface area contributed by atoms with Crippen LogP contribution in [-0.4, -0.2) is 33.6 Å². The fourth-order valence-corrected chi connectivity index (χ4v) is 4.20. The molecule has 10 heteroatoms. The zero-order valence-electron chi connectivity index (χ0n) is 18.5. The fourth-order valence-electron chi connectivity index (χ4n) is 3.89. The quantitative estimate of drug-likeness (QED) is 0.257. The van der Waals surface area contributed by atoms with Crippen molar-refractivity contribution in [3.8, 4) is 0 Å². The van der Waals surface area contributed by atoms with E-state index < -0.39 is 34.4 Å². The number of aryl methyl sites for hydroxylation is 1. The molecule has 35 heavy (non-hydrogen) atoms. The average molecular weight is 512 g/mol. The predicted octanol–water partition coefficient (Wildman–Crippen LogP) is 5.18. The second-order valence-corrected chi connectivity index (χ2v) is 8.95. The van der Waals surface area contributed by atoms with Crippen LogP contribution in [0.15, 0.2) is 66.7 Å². The van der Waals surface area contributed by atoms with Crippen molar-refractivity contribution in [1.82, 2.24) is 4.90 Å². The van der Waals surface area contributed by atoms with E-state index in [1.807, 2.05) is 31.2 Å². The molecule has 3 aromatic rings. The average Bonchev–Trinajstić information content (AvgIpc) is 3.12. The summed E-state index contributed by atoms with van der Waals surface area (Å²) in [6.45, 7) is 1.94. The van der Waals surface area contributed by atoms with Gasteiger partial charge in [-0.25, -0.2) is 4.90 Å². The number of amides is 3. The van der Waals surface area contributed by atoms with Gasteiger partial charge in [0.05, 0.1) is 17.0 Å². The van der Waals surface area contributed by atoms with Gasteiger partial charge in [-0.2, -0.15) is 0 Å². The monoisotopic (exact) mass is 511 g/mol. The number of nitro groups is 1. The largest absolute Gasteiger partial charge is 0.322 e. The number of benzene rings is 3. The maximum Gasteiger partial charge on any atom is 0.288 e. The van der Waals surface area contributed by atoms with Gasteiger partial charge in [0.25, 0.3) is 17.5 Å². The lowest BCUT2D eigenvalue weighted by atomic mass is 10.1. The van der Waals surface area contributed by atoms with E-state index in [9.17, 15) is 24.5 Å². The lowest BCUT2D eigenvalue weighted by Gasteiger charge is -2.28. The van der Waals surface area contributed by atoms with E-state index in [-0.39, 0.29) is 23.6 Å². The van der Waals surface area contributed by atoms with Crippen molar-refractivity contribution >= 4 is 52.3 Å². The molecule has 1 aliphatic rings. The number of anilines is 1. The van der Waals surface area contributed by atoms with Crippen molar-refractivity contribution in [1.29, 1.82) is 0 Å². The van der Waals surface area contributed by atoms with Gasteiger partial charge in [0, 0.05) is 23.2 Å². The first-order valence-electron chi connectivity index (χ1n) is 10.6. The SMILES string of the molecule is Cc1ccc(CN(C(=O)c2ccc(Cl)c([N+](=O)[O-])c2)C2CC(=O)N(c3ccc(Cl)cc3)C2=O)cc1. The van der Waals surface area contributed by atoms with Crippen molar-refractivity contribution < 1.29 is 19.3 Å². The van der Waals surface area contributed by atoms with E-state index in [1.54, 1.807) is 24.3 Å². The van der Waals surface area contributed by atoms with Crippen LogP contribution in [0.4, 0.5) is 11.4 Å². The number of rotatable bonds is 6. The number of hydrogen-bond acceptors (Lipinski definition) is 5. The maximum atomic E-state index is 13.6. The maximum absolute atomic E-state index is 13.6. The second kappa shape index (κ2) is 9.85. The number of halogens is 2. The molecule has 0 N–H and O–H groups in total. The summed E-state index contributed by atoms with van der Waals surface area (Å²) in [7, 11) is 0. The summed E-state index contributed by atoms with van der Waals surface area (Å²) in [6.07, 6.45) is -0.227. The molecule has 4 rings (SSSR count). The molecule has 0 aromatic heterocycles. The fraction of sp³-hybridized carbons (Fsp3) is 0.160. The Morgan fingerprint density at radius 2 is 1.71 bits per heavy atom. The molecule has 1 atom stereocenters. The minimum Gasteiger partial charge on any atom is -0.322 e. The molecule has 0 bridgehead atoms. The number of carbonyl (C=O) groups is 3. The van der Waals surface area contributed by atoms with Crippen molar-refractivity contribution in [3.63, 3.8) is 0 Å². The molecule has 3 amide bonds. The summed E-state index contributed by atoms with van der Waals surface area (Å²) in [5.41, 5.74) is 1.65. The Morgan fingerprint density at radius 3 is 2.34 bits per heavy atom.